The van der Waals surface area contributed by atoms with Gasteiger partial charge in [0.2, 0.25) is 0 Å². The number of benzene rings is 1. The number of nitrogens with zero attached hydrogens (tertiary/aromatic N) is 1. The molecule has 0 unspecified atom stereocenters. The van der Waals surface area contributed by atoms with Crippen LogP contribution >= 0.6 is 0 Å². The van der Waals surface area contributed by atoms with Gasteiger partial charge < -0.3 is 4.90 Å². The molecule has 0 bridgehead atoms. The van der Waals surface area contributed by atoms with Crippen LogP contribution in [0.1, 0.15) is 47.1 Å². The van der Waals surface area contributed by atoms with Gasteiger partial charge in [0, 0.05) is 18.4 Å². The molecule has 1 rings (SSSR count). The van der Waals surface area contributed by atoms with Crippen molar-refractivity contribution in [1.82, 2.24) is 4.90 Å². The van der Waals surface area contributed by atoms with Crippen molar-refractivity contribution >= 4 is 6.08 Å². The third kappa shape index (κ3) is 6.62. The minimum atomic E-state index is 0.449. The van der Waals surface area contributed by atoms with Crippen LogP contribution in [0.15, 0.2) is 83.3 Å². The van der Waals surface area contributed by atoms with Crippen molar-refractivity contribution in [1.29, 1.82) is 0 Å². The average molecular weight is 336 g/mol. The Morgan fingerprint density at radius 1 is 1.00 bits per heavy atom. The highest BCUT2D eigenvalue weighted by molar-refractivity contribution is 5.52. The molecule has 0 saturated heterocycles. The van der Waals surface area contributed by atoms with Crippen molar-refractivity contribution in [2.75, 3.05) is 7.05 Å². The fraction of sp³-hybridized carbons (Fsp3) is 0.333. The van der Waals surface area contributed by atoms with Gasteiger partial charge >= 0.3 is 0 Å². The Balaban J connectivity index is 3.11. The molecule has 0 radical (unpaired) electrons. The molecule has 1 nitrogen and oxygen atoms in total. The Labute approximate surface area is 154 Å². The van der Waals surface area contributed by atoms with Crippen molar-refractivity contribution in [3.05, 3.63) is 88.8 Å². The topological polar surface area (TPSA) is 3.24 Å². The molecule has 0 aliphatic rings. The number of allylic oxidation sites excluding steroid dienone is 8. The van der Waals surface area contributed by atoms with Crippen LogP contribution < -0.4 is 0 Å². The molecular weight excluding hydrogens is 302 g/mol. The summed E-state index contributed by atoms with van der Waals surface area (Å²) in [6.45, 7) is 13.0. The van der Waals surface area contributed by atoms with Gasteiger partial charge in [0.25, 0.3) is 0 Å². The maximum absolute atomic E-state index is 2.27. The van der Waals surface area contributed by atoms with Gasteiger partial charge in [0.05, 0.1) is 0 Å². The Kier molecular flexibility index (Phi) is 8.77. The molecule has 0 aromatic heterocycles. The van der Waals surface area contributed by atoms with Crippen molar-refractivity contribution in [3.8, 4) is 0 Å². The van der Waals surface area contributed by atoms with E-state index in [0.717, 1.165) is 0 Å². The molecule has 134 valence electrons. The van der Waals surface area contributed by atoms with E-state index < -0.39 is 0 Å². The SMILES string of the molecule is C/C=C(C)\C=C(\C)N(C)C(=C/C)/C(=C\C=C\c1ccccc1)C(C)C. The summed E-state index contributed by atoms with van der Waals surface area (Å²) in [4.78, 5) is 2.27. The maximum Gasteiger partial charge on any atom is 0.0397 e. The molecular formula is C24H33N. The van der Waals surface area contributed by atoms with Crippen molar-refractivity contribution in [2.45, 2.75) is 41.5 Å². The maximum atomic E-state index is 2.27. The lowest BCUT2D eigenvalue weighted by atomic mass is 9.97. The van der Waals surface area contributed by atoms with Crippen LogP contribution in [0.4, 0.5) is 0 Å². The number of hydrogen-bond acceptors (Lipinski definition) is 1. The van der Waals surface area contributed by atoms with E-state index in [-0.39, 0.29) is 0 Å². The van der Waals surface area contributed by atoms with Crippen LogP contribution in [0.3, 0.4) is 0 Å². The molecule has 0 fully saturated rings. The summed E-state index contributed by atoms with van der Waals surface area (Å²) in [5, 5.41) is 0. The van der Waals surface area contributed by atoms with Gasteiger partial charge in [0.1, 0.15) is 0 Å². The third-order valence-corrected chi connectivity index (χ3v) is 4.34. The van der Waals surface area contributed by atoms with Crippen LogP contribution in [0, 0.1) is 5.92 Å². The van der Waals surface area contributed by atoms with E-state index in [4.69, 9.17) is 0 Å². The van der Waals surface area contributed by atoms with Gasteiger partial charge in [-0.05, 0) is 50.8 Å². The van der Waals surface area contributed by atoms with Crippen LogP contribution in [0.25, 0.3) is 6.08 Å². The molecule has 1 heteroatoms. The van der Waals surface area contributed by atoms with E-state index >= 15 is 0 Å². The first-order valence-electron chi connectivity index (χ1n) is 9.05. The molecule has 1 aromatic rings. The molecule has 0 N–H and O–H groups in total. The molecule has 0 atom stereocenters. The van der Waals surface area contributed by atoms with Crippen LogP contribution in [-0.4, -0.2) is 11.9 Å². The summed E-state index contributed by atoms with van der Waals surface area (Å²) in [5.74, 6) is 0.449. The molecule has 0 heterocycles. The minimum Gasteiger partial charge on any atom is -0.348 e. The summed E-state index contributed by atoms with van der Waals surface area (Å²) in [7, 11) is 2.14. The first-order chi connectivity index (χ1) is 11.9. The van der Waals surface area contributed by atoms with Gasteiger partial charge in [-0.1, -0.05) is 80.1 Å². The van der Waals surface area contributed by atoms with Gasteiger partial charge in [-0.3, -0.25) is 0 Å². The zero-order valence-electron chi connectivity index (χ0n) is 16.9. The lowest BCUT2D eigenvalue weighted by Gasteiger charge is -2.27. The van der Waals surface area contributed by atoms with Crippen LogP contribution in [0.2, 0.25) is 0 Å². The van der Waals surface area contributed by atoms with E-state index in [9.17, 15) is 0 Å². The highest BCUT2D eigenvalue weighted by Crippen LogP contribution is 2.25. The lowest BCUT2D eigenvalue weighted by Crippen LogP contribution is -2.19. The summed E-state index contributed by atoms with van der Waals surface area (Å²) in [5.41, 5.74) is 6.33. The zero-order chi connectivity index (χ0) is 18.8. The van der Waals surface area contributed by atoms with Crippen molar-refractivity contribution < 1.29 is 0 Å². The quantitative estimate of drug-likeness (QED) is 0.485. The first-order valence-corrected chi connectivity index (χ1v) is 9.05. The highest BCUT2D eigenvalue weighted by atomic mass is 15.1. The van der Waals surface area contributed by atoms with E-state index in [1.54, 1.807) is 0 Å². The van der Waals surface area contributed by atoms with E-state index in [1.165, 1.54) is 28.1 Å². The highest BCUT2D eigenvalue weighted by Gasteiger charge is 2.13. The largest absolute Gasteiger partial charge is 0.348 e. The number of hydrogen-bond donors (Lipinski definition) is 0. The van der Waals surface area contributed by atoms with Crippen LogP contribution in [-0.2, 0) is 0 Å². The smallest absolute Gasteiger partial charge is 0.0397 e. The third-order valence-electron chi connectivity index (χ3n) is 4.34. The average Bonchev–Trinajstić information content (AvgIpc) is 2.61. The Bertz CT molecular complexity index is 682. The summed E-state index contributed by atoms with van der Waals surface area (Å²) >= 11 is 0. The molecule has 1 aromatic carbocycles. The molecule has 0 spiro atoms. The second-order valence-electron chi connectivity index (χ2n) is 6.60. The summed E-state index contributed by atoms with van der Waals surface area (Å²) in [6.07, 6.45) is 13.1. The zero-order valence-corrected chi connectivity index (χ0v) is 16.9. The second kappa shape index (κ2) is 10.6. The van der Waals surface area contributed by atoms with E-state index in [2.05, 4.69) is 114 Å². The summed E-state index contributed by atoms with van der Waals surface area (Å²) < 4.78 is 0. The second-order valence-corrected chi connectivity index (χ2v) is 6.60. The predicted molar refractivity (Wildman–Crippen MR) is 113 cm³/mol. The monoisotopic (exact) mass is 335 g/mol. The molecule has 0 aliphatic heterocycles. The van der Waals surface area contributed by atoms with Crippen LogP contribution in [0.5, 0.6) is 0 Å². The van der Waals surface area contributed by atoms with Gasteiger partial charge in [-0.2, -0.15) is 0 Å². The number of likely N-dealkylation sites (N-methyl/N-ethyl adjacent to an activating group) is 1. The van der Waals surface area contributed by atoms with Crippen molar-refractivity contribution in [3.63, 3.8) is 0 Å². The fourth-order valence-corrected chi connectivity index (χ4v) is 2.65. The van der Waals surface area contributed by atoms with Crippen molar-refractivity contribution in [2.24, 2.45) is 5.92 Å². The normalized spacial score (nSPS) is 14.6. The Hall–Kier alpha value is -2.28. The first kappa shape index (κ1) is 20.8. The van der Waals surface area contributed by atoms with Gasteiger partial charge in [-0.15, -0.1) is 0 Å². The standard InChI is InChI=1S/C24H33N/c1-8-20(5)18-21(6)25(7)24(9-2)23(19(3)4)17-13-16-22-14-11-10-12-15-22/h8-19H,1-7H3/b16-13+,20-8-,21-18-,23-17-,24-9+. The summed E-state index contributed by atoms with van der Waals surface area (Å²) in [6, 6.07) is 10.4. The molecule has 0 saturated carbocycles. The fourth-order valence-electron chi connectivity index (χ4n) is 2.65. The van der Waals surface area contributed by atoms with E-state index in [0.29, 0.717) is 5.92 Å². The van der Waals surface area contributed by atoms with E-state index in [1.807, 2.05) is 6.07 Å². The number of rotatable bonds is 7. The Morgan fingerprint density at radius 3 is 2.16 bits per heavy atom. The lowest BCUT2D eigenvalue weighted by molar-refractivity contribution is 0.511. The van der Waals surface area contributed by atoms with Gasteiger partial charge in [0.15, 0.2) is 0 Å². The molecule has 0 aliphatic carbocycles. The predicted octanol–water partition coefficient (Wildman–Crippen LogP) is 6.99. The molecule has 25 heavy (non-hydrogen) atoms. The minimum absolute atomic E-state index is 0.449. The molecule has 0 amide bonds. The van der Waals surface area contributed by atoms with Gasteiger partial charge in [-0.25, -0.2) is 0 Å². The Morgan fingerprint density at radius 2 is 1.64 bits per heavy atom.